The molecule has 0 aliphatic heterocycles. The number of alkyl halides is 2. The SMILES string of the molecule is O=C(O)C(F)(F)C1Cc2cc(Cl)c(Cl)cc2C1. The Kier molecular flexibility index (Phi) is 3.04. The van der Waals surface area contributed by atoms with Crippen LogP contribution in [0.15, 0.2) is 12.1 Å². The Labute approximate surface area is 106 Å². The smallest absolute Gasteiger partial charge is 0.374 e. The van der Waals surface area contributed by atoms with Gasteiger partial charge in [-0.05, 0) is 36.1 Å². The maximum absolute atomic E-state index is 13.4. The third-order valence-electron chi connectivity index (χ3n) is 2.97. The van der Waals surface area contributed by atoms with E-state index in [1.54, 1.807) is 0 Å². The van der Waals surface area contributed by atoms with E-state index in [2.05, 4.69) is 0 Å². The van der Waals surface area contributed by atoms with Gasteiger partial charge in [-0.15, -0.1) is 0 Å². The normalized spacial score (nSPS) is 16.0. The van der Waals surface area contributed by atoms with Crippen molar-refractivity contribution in [3.63, 3.8) is 0 Å². The van der Waals surface area contributed by atoms with E-state index in [1.807, 2.05) is 0 Å². The number of aliphatic carboxylic acids is 1. The van der Waals surface area contributed by atoms with Gasteiger partial charge in [0.2, 0.25) is 0 Å². The Morgan fingerprint density at radius 2 is 1.65 bits per heavy atom. The van der Waals surface area contributed by atoms with Crippen molar-refractivity contribution in [3.8, 4) is 0 Å². The van der Waals surface area contributed by atoms with Crippen LogP contribution in [0.2, 0.25) is 10.0 Å². The van der Waals surface area contributed by atoms with E-state index in [1.165, 1.54) is 12.1 Å². The van der Waals surface area contributed by atoms with Crippen LogP contribution in [-0.2, 0) is 17.6 Å². The summed E-state index contributed by atoms with van der Waals surface area (Å²) in [5.41, 5.74) is 1.29. The predicted molar refractivity (Wildman–Crippen MR) is 59.9 cm³/mol. The van der Waals surface area contributed by atoms with Gasteiger partial charge in [-0.2, -0.15) is 8.78 Å². The molecule has 1 N–H and O–H groups in total. The number of carboxylic acids is 1. The molecule has 0 radical (unpaired) electrons. The molecule has 17 heavy (non-hydrogen) atoms. The van der Waals surface area contributed by atoms with Crippen LogP contribution in [0.5, 0.6) is 0 Å². The molecule has 0 spiro atoms. The number of carboxylic acid groups (broad SMARTS) is 1. The summed E-state index contributed by atoms with van der Waals surface area (Å²) in [6, 6.07) is 3.05. The van der Waals surface area contributed by atoms with Gasteiger partial charge >= 0.3 is 11.9 Å². The number of carbonyl (C=O) groups is 1. The summed E-state index contributed by atoms with van der Waals surface area (Å²) in [7, 11) is 0. The monoisotopic (exact) mass is 280 g/mol. The standard InChI is InChI=1S/C11H8Cl2F2O2/c12-8-3-5-1-7(11(14,15)10(16)17)2-6(5)4-9(8)13/h3-4,7H,1-2H2,(H,16,17). The highest BCUT2D eigenvalue weighted by molar-refractivity contribution is 6.42. The first-order valence-corrected chi connectivity index (χ1v) is 5.66. The lowest BCUT2D eigenvalue weighted by Gasteiger charge is -2.17. The zero-order valence-electron chi connectivity index (χ0n) is 8.51. The first kappa shape index (κ1) is 12.6. The minimum absolute atomic E-state index is 0.00548. The Morgan fingerprint density at radius 1 is 1.24 bits per heavy atom. The van der Waals surface area contributed by atoms with Crippen molar-refractivity contribution < 1.29 is 18.7 Å². The highest BCUT2D eigenvalue weighted by atomic mass is 35.5. The van der Waals surface area contributed by atoms with Crippen molar-refractivity contribution in [2.45, 2.75) is 18.8 Å². The minimum Gasteiger partial charge on any atom is -0.477 e. The fourth-order valence-corrected chi connectivity index (χ4v) is 2.42. The van der Waals surface area contributed by atoms with E-state index in [0.29, 0.717) is 21.2 Å². The van der Waals surface area contributed by atoms with Crippen LogP contribution in [-0.4, -0.2) is 17.0 Å². The molecule has 1 aliphatic rings. The zero-order valence-corrected chi connectivity index (χ0v) is 10.0. The third kappa shape index (κ3) is 2.11. The molecule has 1 aromatic carbocycles. The van der Waals surface area contributed by atoms with Crippen LogP contribution < -0.4 is 0 Å². The summed E-state index contributed by atoms with van der Waals surface area (Å²) in [6.45, 7) is 0. The molecule has 0 amide bonds. The molecule has 0 saturated heterocycles. The molecule has 0 saturated carbocycles. The number of hydrogen-bond donors (Lipinski definition) is 1. The van der Waals surface area contributed by atoms with Gasteiger partial charge in [0.25, 0.3) is 0 Å². The highest BCUT2D eigenvalue weighted by Gasteiger charge is 2.49. The second-order valence-corrected chi connectivity index (χ2v) is 4.88. The van der Waals surface area contributed by atoms with Gasteiger partial charge < -0.3 is 5.11 Å². The maximum atomic E-state index is 13.4. The largest absolute Gasteiger partial charge is 0.477 e. The molecule has 0 fully saturated rings. The molecule has 2 rings (SSSR count). The molecule has 92 valence electrons. The van der Waals surface area contributed by atoms with Gasteiger partial charge in [-0.25, -0.2) is 4.79 Å². The van der Waals surface area contributed by atoms with Crippen molar-refractivity contribution in [2.24, 2.45) is 5.92 Å². The molecule has 0 atom stereocenters. The molecule has 6 heteroatoms. The number of hydrogen-bond acceptors (Lipinski definition) is 1. The molecular formula is C11H8Cl2F2O2. The summed E-state index contributed by atoms with van der Waals surface area (Å²) in [5.74, 6) is -7.05. The van der Waals surface area contributed by atoms with E-state index in [-0.39, 0.29) is 12.8 Å². The Balaban J connectivity index is 2.31. The van der Waals surface area contributed by atoms with Crippen LogP contribution in [0.25, 0.3) is 0 Å². The molecule has 0 bridgehead atoms. The topological polar surface area (TPSA) is 37.3 Å². The van der Waals surface area contributed by atoms with Gasteiger partial charge in [-0.3, -0.25) is 0 Å². The average molecular weight is 281 g/mol. The number of halogens is 4. The molecule has 1 aliphatic carbocycles. The zero-order chi connectivity index (χ0) is 12.8. The minimum atomic E-state index is -3.72. The summed E-state index contributed by atoms with van der Waals surface area (Å²) in [4.78, 5) is 10.5. The highest BCUT2D eigenvalue weighted by Crippen LogP contribution is 2.40. The Hall–Kier alpha value is -0.870. The lowest BCUT2D eigenvalue weighted by molar-refractivity contribution is -0.172. The van der Waals surface area contributed by atoms with Crippen LogP contribution in [0.3, 0.4) is 0 Å². The van der Waals surface area contributed by atoms with Gasteiger partial charge in [-0.1, -0.05) is 23.2 Å². The number of fused-ring (bicyclic) bond motifs is 1. The van der Waals surface area contributed by atoms with E-state index in [4.69, 9.17) is 28.3 Å². The van der Waals surface area contributed by atoms with Gasteiger partial charge in [0, 0.05) is 5.92 Å². The van der Waals surface area contributed by atoms with Gasteiger partial charge in [0.1, 0.15) is 0 Å². The van der Waals surface area contributed by atoms with Crippen molar-refractivity contribution in [1.82, 2.24) is 0 Å². The summed E-state index contributed by atoms with van der Waals surface area (Å²) in [6.07, 6.45) is 0.0110. The quantitative estimate of drug-likeness (QED) is 0.901. The van der Waals surface area contributed by atoms with Crippen LogP contribution >= 0.6 is 23.2 Å². The number of rotatable bonds is 2. The van der Waals surface area contributed by atoms with Crippen LogP contribution in [0.1, 0.15) is 11.1 Å². The summed E-state index contributed by atoms with van der Waals surface area (Å²) < 4.78 is 26.7. The summed E-state index contributed by atoms with van der Waals surface area (Å²) >= 11 is 11.6. The van der Waals surface area contributed by atoms with E-state index in [0.717, 1.165) is 0 Å². The van der Waals surface area contributed by atoms with Crippen molar-refractivity contribution in [1.29, 1.82) is 0 Å². The Bertz CT molecular complexity index is 458. The second kappa shape index (κ2) is 4.10. The average Bonchev–Trinajstić information content (AvgIpc) is 2.62. The molecule has 2 nitrogen and oxygen atoms in total. The first-order valence-electron chi connectivity index (χ1n) is 4.90. The lowest BCUT2D eigenvalue weighted by Crippen LogP contribution is -2.37. The van der Waals surface area contributed by atoms with Gasteiger partial charge in [0.05, 0.1) is 10.0 Å². The fourth-order valence-electron chi connectivity index (χ4n) is 2.04. The fraction of sp³-hybridized carbons (Fsp3) is 0.364. The van der Waals surface area contributed by atoms with Crippen LogP contribution in [0, 0.1) is 5.92 Å². The molecule has 0 unspecified atom stereocenters. The van der Waals surface area contributed by atoms with Crippen molar-refractivity contribution >= 4 is 29.2 Å². The second-order valence-electron chi connectivity index (χ2n) is 4.07. The number of benzene rings is 1. The van der Waals surface area contributed by atoms with E-state index in [9.17, 15) is 13.6 Å². The predicted octanol–water partition coefficient (Wildman–Crippen LogP) is 3.43. The molecule has 1 aromatic rings. The van der Waals surface area contributed by atoms with E-state index >= 15 is 0 Å². The first-order chi connectivity index (χ1) is 7.82. The van der Waals surface area contributed by atoms with E-state index < -0.39 is 17.8 Å². The maximum Gasteiger partial charge on any atom is 0.374 e. The van der Waals surface area contributed by atoms with Crippen molar-refractivity contribution in [3.05, 3.63) is 33.3 Å². The lowest BCUT2D eigenvalue weighted by atomic mass is 9.98. The molecule has 0 aromatic heterocycles. The third-order valence-corrected chi connectivity index (χ3v) is 3.70. The molecule has 0 heterocycles. The Morgan fingerprint density at radius 3 is 2.00 bits per heavy atom. The molecular weight excluding hydrogens is 273 g/mol. The van der Waals surface area contributed by atoms with Gasteiger partial charge in [0.15, 0.2) is 0 Å². The van der Waals surface area contributed by atoms with Crippen LogP contribution in [0.4, 0.5) is 8.78 Å². The van der Waals surface area contributed by atoms with Crippen molar-refractivity contribution in [2.75, 3.05) is 0 Å². The summed E-state index contributed by atoms with van der Waals surface area (Å²) in [5, 5.41) is 9.08.